The Morgan fingerprint density at radius 3 is 1.95 bits per heavy atom. The summed E-state index contributed by atoms with van der Waals surface area (Å²) in [6, 6.07) is 7.12. The van der Waals surface area contributed by atoms with Crippen molar-refractivity contribution in [2.24, 2.45) is 0 Å². The third-order valence-corrected chi connectivity index (χ3v) is 4.17. The van der Waals surface area contributed by atoms with Crippen molar-refractivity contribution in [2.45, 2.75) is 6.10 Å². The van der Waals surface area contributed by atoms with E-state index >= 15 is 0 Å². The van der Waals surface area contributed by atoms with Gasteiger partial charge in [0.05, 0.1) is 28.4 Å². The lowest BCUT2D eigenvalue weighted by Crippen LogP contribution is -2.01. The molecule has 0 aliphatic carbocycles. The van der Waals surface area contributed by atoms with Crippen molar-refractivity contribution in [2.75, 3.05) is 28.4 Å². The van der Waals surface area contributed by atoms with Crippen LogP contribution in [0, 0.1) is 0 Å². The van der Waals surface area contributed by atoms with Crippen LogP contribution >= 0.6 is 11.3 Å². The molecule has 2 rings (SSSR count). The van der Waals surface area contributed by atoms with Crippen LogP contribution in [0.3, 0.4) is 0 Å². The lowest BCUT2D eigenvalue weighted by atomic mass is 10.1. The minimum Gasteiger partial charge on any atom is -0.493 e. The van der Waals surface area contributed by atoms with Crippen molar-refractivity contribution < 1.29 is 24.1 Å². The average molecular weight is 310 g/mol. The van der Waals surface area contributed by atoms with Crippen molar-refractivity contribution in [3.63, 3.8) is 0 Å². The predicted molar refractivity (Wildman–Crippen MR) is 81.0 cm³/mol. The molecule has 0 aliphatic rings. The first kappa shape index (κ1) is 15.5. The lowest BCUT2D eigenvalue weighted by molar-refractivity contribution is 0.222. The van der Waals surface area contributed by atoms with E-state index in [0.717, 1.165) is 9.94 Å². The highest BCUT2D eigenvalue weighted by molar-refractivity contribution is 7.13. The fourth-order valence-electron chi connectivity index (χ4n) is 2.01. The van der Waals surface area contributed by atoms with Gasteiger partial charge in [-0.25, -0.2) is 0 Å². The molecule has 1 heterocycles. The monoisotopic (exact) mass is 310 g/mol. The number of ether oxygens (including phenoxy) is 4. The predicted octanol–water partition coefficient (Wildman–Crippen LogP) is 2.86. The highest BCUT2D eigenvalue weighted by Gasteiger charge is 2.19. The number of rotatable bonds is 6. The molecule has 21 heavy (non-hydrogen) atoms. The molecular weight excluding hydrogens is 292 g/mol. The van der Waals surface area contributed by atoms with E-state index in [1.54, 1.807) is 40.6 Å². The molecule has 114 valence electrons. The molecule has 0 radical (unpaired) electrons. The number of hydrogen-bond acceptors (Lipinski definition) is 6. The van der Waals surface area contributed by atoms with E-state index in [2.05, 4.69) is 0 Å². The van der Waals surface area contributed by atoms with Crippen molar-refractivity contribution in [1.82, 2.24) is 0 Å². The number of aliphatic hydroxyl groups excluding tert-OH is 1. The SMILES string of the molecule is COc1ccc(C(O)c2cc(OC)c(OC)c(OC)c2)s1. The molecule has 0 aliphatic heterocycles. The maximum absolute atomic E-state index is 10.5. The zero-order valence-electron chi connectivity index (χ0n) is 12.4. The molecule has 2 aromatic rings. The first-order valence-electron chi connectivity index (χ1n) is 6.26. The molecule has 1 N–H and O–H groups in total. The van der Waals surface area contributed by atoms with E-state index < -0.39 is 6.10 Å². The Kier molecular flexibility index (Phi) is 4.93. The van der Waals surface area contributed by atoms with Gasteiger partial charge in [0.15, 0.2) is 16.6 Å². The molecule has 1 aromatic carbocycles. The van der Waals surface area contributed by atoms with Crippen LogP contribution in [0.4, 0.5) is 0 Å². The second-order valence-corrected chi connectivity index (χ2v) is 5.30. The Labute approximate surface area is 127 Å². The maximum Gasteiger partial charge on any atom is 0.203 e. The smallest absolute Gasteiger partial charge is 0.203 e. The lowest BCUT2D eigenvalue weighted by Gasteiger charge is -2.16. The summed E-state index contributed by atoms with van der Waals surface area (Å²) in [7, 11) is 6.23. The molecule has 0 fully saturated rings. The van der Waals surface area contributed by atoms with Crippen molar-refractivity contribution in [3.05, 3.63) is 34.7 Å². The van der Waals surface area contributed by atoms with Crippen molar-refractivity contribution in [3.8, 4) is 22.3 Å². The average Bonchev–Trinajstić information content (AvgIpc) is 3.01. The Hall–Kier alpha value is -1.92. The maximum atomic E-state index is 10.5. The molecule has 0 saturated carbocycles. The van der Waals surface area contributed by atoms with Gasteiger partial charge in [-0.1, -0.05) is 0 Å². The fourth-order valence-corrected chi connectivity index (χ4v) is 2.85. The van der Waals surface area contributed by atoms with Crippen LogP contribution in [-0.4, -0.2) is 33.5 Å². The summed E-state index contributed by atoms with van der Waals surface area (Å²) >= 11 is 1.39. The van der Waals surface area contributed by atoms with E-state index in [4.69, 9.17) is 18.9 Å². The standard InChI is InChI=1S/C15H18O5S/c1-17-10-7-9(8-11(18-2)15(10)20-4)14(16)12-5-6-13(19-3)21-12/h5-8,14,16H,1-4H3. The second kappa shape index (κ2) is 6.69. The second-order valence-electron chi connectivity index (χ2n) is 4.22. The van der Waals surface area contributed by atoms with Gasteiger partial charge in [-0.3, -0.25) is 0 Å². The number of benzene rings is 1. The minimum absolute atomic E-state index is 0.500. The molecule has 0 amide bonds. The molecule has 1 unspecified atom stereocenters. The number of hydrogen-bond donors (Lipinski definition) is 1. The van der Waals surface area contributed by atoms with Crippen molar-refractivity contribution in [1.29, 1.82) is 0 Å². The number of aliphatic hydroxyl groups is 1. The highest BCUT2D eigenvalue weighted by Crippen LogP contribution is 2.42. The van der Waals surface area contributed by atoms with Crippen LogP contribution in [0.15, 0.2) is 24.3 Å². The quantitative estimate of drug-likeness (QED) is 0.889. The topological polar surface area (TPSA) is 57.2 Å². The molecule has 0 saturated heterocycles. The normalized spacial score (nSPS) is 11.9. The van der Waals surface area contributed by atoms with Crippen LogP contribution in [-0.2, 0) is 0 Å². The summed E-state index contributed by atoms with van der Waals surface area (Å²) in [6.45, 7) is 0. The Morgan fingerprint density at radius 1 is 0.905 bits per heavy atom. The minimum atomic E-state index is -0.785. The van der Waals surface area contributed by atoms with Crippen LogP contribution < -0.4 is 18.9 Å². The first-order chi connectivity index (χ1) is 10.1. The highest BCUT2D eigenvalue weighted by atomic mass is 32.1. The molecule has 6 heteroatoms. The van der Waals surface area contributed by atoms with Gasteiger partial charge in [-0.15, -0.1) is 11.3 Å². The van der Waals surface area contributed by atoms with Crippen LogP contribution in [0.1, 0.15) is 16.5 Å². The largest absolute Gasteiger partial charge is 0.493 e. The summed E-state index contributed by atoms with van der Waals surface area (Å²) in [5.74, 6) is 1.52. The third kappa shape index (κ3) is 3.06. The van der Waals surface area contributed by atoms with Crippen LogP contribution in [0.25, 0.3) is 0 Å². The molecular formula is C15H18O5S. The molecule has 0 bridgehead atoms. The van der Waals surface area contributed by atoms with Gasteiger partial charge in [-0.2, -0.15) is 0 Å². The van der Waals surface area contributed by atoms with E-state index in [0.29, 0.717) is 22.8 Å². The summed E-state index contributed by atoms with van der Waals surface area (Å²) in [5, 5.41) is 11.3. The molecule has 1 atom stereocenters. The van der Waals surface area contributed by atoms with E-state index in [-0.39, 0.29) is 0 Å². The van der Waals surface area contributed by atoms with Gasteiger partial charge in [0.2, 0.25) is 5.75 Å². The third-order valence-electron chi connectivity index (χ3n) is 3.08. The Balaban J connectivity index is 2.43. The van der Waals surface area contributed by atoms with Gasteiger partial charge in [0.25, 0.3) is 0 Å². The molecule has 0 spiro atoms. The van der Waals surface area contributed by atoms with Gasteiger partial charge in [0.1, 0.15) is 6.10 Å². The molecule has 5 nitrogen and oxygen atoms in total. The van der Waals surface area contributed by atoms with Gasteiger partial charge in [-0.05, 0) is 29.8 Å². The van der Waals surface area contributed by atoms with E-state index in [9.17, 15) is 5.11 Å². The Morgan fingerprint density at radius 2 is 1.52 bits per heavy atom. The van der Waals surface area contributed by atoms with E-state index in [1.165, 1.54) is 11.3 Å². The molecule has 1 aromatic heterocycles. The van der Waals surface area contributed by atoms with Gasteiger partial charge < -0.3 is 24.1 Å². The van der Waals surface area contributed by atoms with Crippen molar-refractivity contribution >= 4 is 11.3 Å². The van der Waals surface area contributed by atoms with Crippen LogP contribution in [0.5, 0.6) is 22.3 Å². The number of thiophene rings is 1. The summed E-state index contributed by atoms with van der Waals surface area (Å²) in [4.78, 5) is 0.779. The zero-order valence-corrected chi connectivity index (χ0v) is 13.2. The van der Waals surface area contributed by atoms with Gasteiger partial charge in [0, 0.05) is 4.88 Å². The summed E-state index contributed by atoms with van der Waals surface area (Å²) < 4.78 is 21.0. The summed E-state index contributed by atoms with van der Waals surface area (Å²) in [6.07, 6.45) is -0.785. The first-order valence-corrected chi connectivity index (χ1v) is 7.08. The Bertz CT molecular complexity index is 583. The summed E-state index contributed by atoms with van der Waals surface area (Å²) in [5.41, 5.74) is 0.661. The zero-order chi connectivity index (χ0) is 15.4. The fraction of sp³-hybridized carbons (Fsp3) is 0.333. The van der Waals surface area contributed by atoms with Crippen LogP contribution in [0.2, 0.25) is 0 Å². The van der Waals surface area contributed by atoms with Gasteiger partial charge >= 0.3 is 0 Å². The van der Waals surface area contributed by atoms with E-state index in [1.807, 2.05) is 12.1 Å². The number of methoxy groups -OCH3 is 4.